The van der Waals surface area contributed by atoms with Crippen LogP contribution < -0.4 is 0 Å². The molecular weight excluding hydrogens is 390 g/mol. The van der Waals surface area contributed by atoms with Crippen LogP contribution in [0.3, 0.4) is 0 Å². The van der Waals surface area contributed by atoms with Crippen LogP contribution in [0.2, 0.25) is 0 Å². The maximum absolute atomic E-state index is 11.9. The molecule has 1 heterocycles. The van der Waals surface area contributed by atoms with E-state index in [1.807, 2.05) is 48.5 Å². The summed E-state index contributed by atoms with van der Waals surface area (Å²) in [6, 6.07) is 15.2. The minimum atomic E-state index is -0.336. The Morgan fingerprint density at radius 1 is 1.17 bits per heavy atom. The quantitative estimate of drug-likeness (QED) is 0.576. The van der Waals surface area contributed by atoms with Crippen molar-refractivity contribution in [1.29, 1.82) is 0 Å². The normalized spacial score (nSPS) is 11.4. The number of nitrogens with zero attached hydrogens (tertiary/aromatic N) is 2. The van der Waals surface area contributed by atoms with Gasteiger partial charge in [0.2, 0.25) is 5.88 Å². The number of amides is 1. The molecule has 0 bridgehead atoms. The highest BCUT2D eigenvalue weighted by molar-refractivity contribution is 9.10. The summed E-state index contributed by atoms with van der Waals surface area (Å²) >= 11 is 4.95. The number of aromatic amines is 1. The highest BCUT2D eigenvalue weighted by Crippen LogP contribution is 2.35. The molecule has 7 heteroatoms. The first-order valence-corrected chi connectivity index (χ1v) is 9.15. The van der Waals surface area contributed by atoms with E-state index < -0.39 is 0 Å². The zero-order valence-corrected chi connectivity index (χ0v) is 15.0. The van der Waals surface area contributed by atoms with Gasteiger partial charge in [0.25, 0.3) is 5.91 Å². The van der Waals surface area contributed by atoms with Gasteiger partial charge in [-0.3, -0.25) is 4.79 Å². The third-order valence-electron chi connectivity index (χ3n) is 3.36. The summed E-state index contributed by atoms with van der Waals surface area (Å²) < 4.78 is 1.02. The Hall–Kier alpha value is -2.12. The van der Waals surface area contributed by atoms with Crippen LogP contribution in [-0.4, -0.2) is 21.8 Å². The van der Waals surface area contributed by atoms with Gasteiger partial charge >= 0.3 is 0 Å². The van der Waals surface area contributed by atoms with Crippen LogP contribution in [0.4, 0.5) is 5.69 Å². The first-order chi connectivity index (χ1) is 11.6. The zero-order valence-electron chi connectivity index (χ0n) is 12.6. The number of benzene rings is 2. The van der Waals surface area contributed by atoms with Crippen LogP contribution in [0.25, 0.3) is 10.9 Å². The molecule has 3 aromatic rings. The number of aromatic hydroxyl groups is 1. The van der Waals surface area contributed by atoms with Gasteiger partial charge in [0.1, 0.15) is 0 Å². The fraction of sp³-hybridized carbons (Fsp3) is 0.118. The van der Waals surface area contributed by atoms with Crippen molar-refractivity contribution >= 4 is 50.2 Å². The van der Waals surface area contributed by atoms with Crippen LogP contribution in [0, 0.1) is 0 Å². The molecule has 2 N–H and O–H groups in total. The number of nitrogens with one attached hydrogen (secondary N) is 1. The summed E-state index contributed by atoms with van der Waals surface area (Å²) in [5.74, 6) is 0.514. The maximum atomic E-state index is 11.9. The predicted octanol–water partition coefficient (Wildman–Crippen LogP) is 5.18. The molecule has 0 fully saturated rings. The van der Waals surface area contributed by atoms with Crippen LogP contribution in [0.5, 0.6) is 5.88 Å². The van der Waals surface area contributed by atoms with Gasteiger partial charge in [-0.05, 0) is 17.7 Å². The molecule has 0 aliphatic carbocycles. The number of hydrogen-bond donors (Lipinski definition) is 2. The van der Waals surface area contributed by atoms with Crippen molar-refractivity contribution in [2.45, 2.75) is 5.75 Å². The minimum absolute atomic E-state index is 0.0892. The Labute approximate surface area is 151 Å². The summed E-state index contributed by atoms with van der Waals surface area (Å²) in [4.78, 5) is 14.7. The van der Waals surface area contributed by atoms with Gasteiger partial charge in [-0.15, -0.1) is 22.0 Å². The average Bonchev–Trinajstić information content (AvgIpc) is 2.90. The monoisotopic (exact) mass is 403 g/mol. The van der Waals surface area contributed by atoms with E-state index in [1.165, 1.54) is 11.8 Å². The van der Waals surface area contributed by atoms with Gasteiger partial charge in [0.05, 0.1) is 11.3 Å². The zero-order chi connectivity index (χ0) is 16.9. The molecule has 0 aliphatic heterocycles. The van der Waals surface area contributed by atoms with E-state index in [2.05, 4.69) is 31.1 Å². The second-order valence-electron chi connectivity index (χ2n) is 5.05. The topological polar surface area (TPSA) is 77.8 Å². The first kappa shape index (κ1) is 16.7. The molecule has 24 heavy (non-hydrogen) atoms. The average molecular weight is 404 g/mol. The van der Waals surface area contributed by atoms with Crippen molar-refractivity contribution in [2.75, 3.05) is 5.75 Å². The van der Waals surface area contributed by atoms with Crippen molar-refractivity contribution in [3.63, 3.8) is 0 Å². The maximum Gasteiger partial charge on any atom is 0.274 e. The molecule has 0 spiro atoms. The van der Waals surface area contributed by atoms with Gasteiger partial charge < -0.3 is 10.1 Å². The van der Waals surface area contributed by atoms with E-state index in [1.54, 1.807) is 0 Å². The Morgan fingerprint density at radius 2 is 1.92 bits per heavy atom. The molecule has 5 nitrogen and oxygen atoms in total. The number of thioether (sulfide) groups is 1. The van der Waals surface area contributed by atoms with Gasteiger partial charge in [-0.25, -0.2) is 0 Å². The van der Waals surface area contributed by atoms with Crippen LogP contribution in [0.15, 0.2) is 63.2 Å². The molecule has 3 rings (SSSR count). The summed E-state index contributed by atoms with van der Waals surface area (Å²) in [6.45, 7) is 0. The number of halogens is 1. The van der Waals surface area contributed by atoms with E-state index in [4.69, 9.17) is 0 Å². The molecule has 0 saturated carbocycles. The smallest absolute Gasteiger partial charge is 0.274 e. The summed E-state index contributed by atoms with van der Waals surface area (Å²) in [6.07, 6.45) is 0. The molecule has 1 aromatic heterocycles. The summed E-state index contributed by atoms with van der Waals surface area (Å²) in [5.41, 5.74) is 2.16. The number of rotatable bonds is 5. The third-order valence-corrected chi connectivity index (χ3v) is 5.10. The van der Waals surface area contributed by atoms with E-state index in [0.29, 0.717) is 5.75 Å². The third kappa shape index (κ3) is 3.85. The van der Waals surface area contributed by atoms with E-state index in [0.717, 1.165) is 20.9 Å². The van der Waals surface area contributed by atoms with Crippen LogP contribution in [0.1, 0.15) is 5.56 Å². The SMILES string of the molecule is O=C(CSCc1ccccc1Br)N=Nc1c(O)[nH]c2ccccc12. The van der Waals surface area contributed by atoms with Crippen molar-refractivity contribution < 1.29 is 9.90 Å². The van der Waals surface area contributed by atoms with Crippen molar-refractivity contribution in [2.24, 2.45) is 10.2 Å². The second kappa shape index (κ2) is 7.63. The Kier molecular flexibility index (Phi) is 5.32. The van der Waals surface area contributed by atoms with Crippen LogP contribution >= 0.6 is 27.7 Å². The number of H-pyrrole nitrogens is 1. The Morgan fingerprint density at radius 3 is 2.75 bits per heavy atom. The molecule has 122 valence electrons. The van der Waals surface area contributed by atoms with Gasteiger partial charge in [-0.2, -0.15) is 0 Å². The fourth-order valence-electron chi connectivity index (χ4n) is 2.21. The van der Waals surface area contributed by atoms with Crippen molar-refractivity contribution in [3.8, 4) is 5.88 Å². The summed E-state index contributed by atoms with van der Waals surface area (Å²) in [5, 5.41) is 18.2. The van der Waals surface area contributed by atoms with E-state index in [-0.39, 0.29) is 23.2 Å². The largest absolute Gasteiger partial charge is 0.493 e. The number of aromatic nitrogens is 1. The van der Waals surface area contributed by atoms with Crippen molar-refractivity contribution in [3.05, 3.63) is 58.6 Å². The lowest BCUT2D eigenvalue weighted by Crippen LogP contribution is -1.96. The van der Waals surface area contributed by atoms with Crippen molar-refractivity contribution in [1.82, 2.24) is 4.98 Å². The van der Waals surface area contributed by atoms with E-state index >= 15 is 0 Å². The molecule has 1 amide bonds. The summed E-state index contributed by atoms with van der Waals surface area (Å²) in [7, 11) is 0. The lowest BCUT2D eigenvalue weighted by Gasteiger charge is -2.02. The van der Waals surface area contributed by atoms with Gasteiger partial charge in [0.15, 0.2) is 5.69 Å². The molecule has 0 saturated heterocycles. The molecule has 0 radical (unpaired) electrons. The fourth-order valence-corrected chi connectivity index (χ4v) is 3.63. The predicted molar refractivity (Wildman–Crippen MR) is 99.8 cm³/mol. The molecule has 0 unspecified atom stereocenters. The lowest BCUT2D eigenvalue weighted by molar-refractivity contribution is -0.115. The molecule has 0 atom stereocenters. The number of fused-ring (bicyclic) bond motifs is 1. The van der Waals surface area contributed by atoms with Crippen LogP contribution in [-0.2, 0) is 10.5 Å². The molecule has 2 aromatic carbocycles. The molecular formula is C17H14BrN3O2S. The van der Waals surface area contributed by atoms with E-state index in [9.17, 15) is 9.90 Å². The molecule has 0 aliphatic rings. The minimum Gasteiger partial charge on any atom is -0.493 e. The number of para-hydroxylation sites is 1. The number of carbonyl (C=O) groups excluding carboxylic acids is 1. The Bertz CT molecular complexity index is 908. The first-order valence-electron chi connectivity index (χ1n) is 7.20. The lowest BCUT2D eigenvalue weighted by atomic mass is 10.2. The Balaban J connectivity index is 1.61. The second-order valence-corrected chi connectivity index (χ2v) is 6.89. The standard InChI is InChI=1S/C17H14BrN3O2S/c18-13-7-3-1-5-11(13)9-24-10-15(22)20-21-16-12-6-2-4-8-14(12)19-17(16)23/h1-8,19,23H,9-10H2. The number of carbonyl (C=O) groups is 1. The highest BCUT2D eigenvalue weighted by atomic mass is 79.9. The highest BCUT2D eigenvalue weighted by Gasteiger charge is 2.10. The number of azo groups is 1. The number of hydrogen-bond acceptors (Lipinski definition) is 4. The van der Waals surface area contributed by atoms with Gasteiger partial charge in [-0.1, -0.05) is 52.3 Å². The van der Waals surface area contributed by atoms with Gasteiger partial charge in [0, 0.05) is 15.6 Å².